The van der Waals surface area contributed by atoms with Gasteiger partial charge >= 0.3 is 0 Å². The quantitative estimate of drug-likeness (QED) is 0.762. The second-order valence-electron chi connectivity index (χ2n) is 5.45. The van der Waals surface area contributed by atoms with Crippen molar-refractivity contribution in [2.75, 3.05) is 24.5 Å². The Balaban J connectivity index is 2.80. The SMILES string of the molecule is CCNCc1ccc(N(CC)CC(C)CC)c(C)c1. The van der Waals surface area contributed by atoms with E-state index in [2.05, 4.69) is 63.0 Å². The molecule has 0 fully saturated rings. The summed E-state index contributed by atoms with van der Waals surface area (Å²) in [5.41, 5.74) is 4.16. The number of hydrogen-bond donors (Lipinski definition) is 1. The highest BCUT2D eigenvalue weighted by molar-refractivity contribution is 5.54. The largest absolute Gasteiger partial charge is 0.371 e. The summed E-state index contributed by atoms with van der Waals surface area (Å²) in [6.45, 7) is 15.4. The third kappa shape index (κ3) is 4.87. The third-order valence-electron chi connectivity index (χ3n) is 3.79. The van der Waals surface area contributed by atoms with Gasteiger partial charge in [0.15, 0.2) is 0 Å². The van der Waals surface area contributed by atoms with Crippen molar-refractivity contribution in [3.05, 3.63) is 29.3 Å². The molecule has 1 aromatic rings. The van der Waals surface area contributed by atoms with Crippen molar-refractivity contribution in [3.8, 4) is 0 Å². The summed E-state index contributed by atoms with van der Waals surface area (Å²) in [6, 6.07) is 6.86. The van der Waals surface area contributed by atoms with Crippen LogP contribution in [-0.2, 0) is 6.54 Å². The predicted octanol–water partition coefficient (Wildman–Crippen LogP) is 3.98. The molecule has 0 saturated heterocycles. The van der Waals surface area contributed by atoms with Crippen LogP contribution in [0.5, 0.6) is 0 Å². The monoisotopic (exact) mass is 262 g/mol. The molecule has 0 saturated carbocycles. The van der Waals surface area contributed by atoms with Crippen LogP contribution in [0.25, 0.3) is 0 Å². The first-order chi connectivity index (χ1) is 9.12. The summed E-state index contributed by atoms with van der Waals surface area (Å²) < 4.78 is 0. The molecule has 1 rings (SSSR count). The van der Waals surface area contributed by atoms with E-state index in [1.807, 2.05) is 0 Å². The van der Waals surface area contributed by atoms with Crippen LogP contribution in [-0.4, -0.2) is 19.6 Å². The Morgan fingerprint density at radius 2 is 1.95 bits per heavy atom. The molecule has 0 aliphatic rings. The van der Waals surface area contributed by atoms with E-state index >= 15 is 0 Å². The maximum Gasteiger partial charge on any atom is 0.0396 e. The molecular weight excluding hydrogens is 232 g/mol. The summed E-state index contributed by atoms with van der Waals surface area (Å²) in [5, 5.41) is 3.38. The number of nitrogens with one attached hydrogen (secondary N) is 1. The zero-order chi connectivity index (χ0) is 14.3. The number of rotatable bonds is 8. The molecule has 1 atom stereocenters. The number of anilines is 1. The average molecular weight is 262 g/mol. The van der Waals surface area contributed by atoms with Gasteiger partial charge in [-0.1, -0.05) is 39.3 Å². The number of benzene rings is 1. The van der Waals surface area contributed by atoms with Gasteiger partial charge in [-0.2, -0.15) is 0 Å². The Morgan fingerprint density at radius 1 is 1.21 bits per heavy atom. The van der Waals surface area contributed by atoms with Crippen LogP contribution in [0.1, 0.15) is 45.2 Å². The van der Waals surface area contributed by atoms with Crippen molar-refractivity contribution in [1.82, 2.24) is 5.32 Å². The van der Waals surface area contributed by atoms with Gasteiger partial charge < -0.3 is 10.2 Å². The molecule has 0 aromatic heterocycles. The second kappa shape index (κ2) is 8.21. The van der Waals surface area contributed by atoms with Gasteiger partial charge in [0.05, 0.1) is 0 Å². The standard InChI is InChI=1S/C17H30N2/c1-6-14(4)13-19(8-3)17-10-9-16(11-15(17)5)12-18-7-2/h9-11,14,18H,6-8,12-13H2,1-5H3. The highest BCUT2D eigenvalue weighted by Gasteiger charge is 2.10. The van der Waals surface area contributed by atoms with Crippen LogP contribution in [0.4, 0.5) is 5.69 Å². The molecule has 0 radical (unpaired) electrons. The summed E-state index contributed by atoms with van der Waals surface area (Å²) in [4.78, 5) is 2.50. The molecule has 108 valence electrons. The first-order valence-electron chi connectivity index (χ1n) is 7.67. The molecule has 19 heavy (non-hydrogen) atoms. The van der Waals surface area contributed by atoms with E-state index in [-0.39, 0.29) is 0 Å². The van der Waals surface area contributed by atoms with Gasteiger partial charge in [-0.25, -0.2) is 0 Å². The molecule has 2 heteroatoms. The Kier molecular flexibility index (Phi) is 6.93. The Hall–Kier alpha value is -1.02. The number of hydrogen-bond acceptors (Lipinski definition) is 2. The maximum absolute atomic E-state index is 3.38. The molecular formula is C17H30N2. The Labute approximate surface area is 119 Å². The topological polar surface area (TPSA) is 15.3 Å². The lowest BCUT2D eigenvalue weighted by atomic mass is 10.1. The van der Waals surface area contributed by atoms with Gasteiger partial charge in [0.25, 0.3) is 0 Å². The first-order valence-corrected chi connectivity index (χ1v) is 7.67. The van der Waals surface area contributed by atoms with Crippen molar-refractivity contribution in [3.63, 3.8) is 0 Å². The van der Waals surface area contributed by atoms with Gasteiger partial charge in [0.1, 0.15) is 0 Å². The highest BCUT2D eigenvalue weighted by Crippen LogP contribution is 2.22. The summed E-state index contributed by atoms with van der Waals surface area (Å²) in [6.07, 6.45) is 1.24. The fraction of sp³-hybridized carbons (Fsp3) is 0.647. The maximum atomic E-state index is 3.38. The normalized spacial score (nSPS) is 12.5. The third-order valence-corrected chi connectivity index (χ3v) is 3.79. The molecule has 1 aromatic carbocycles. The fourth-order valence-electron chi connectivity index (χ4n) is 2.35. The van der Waals surface area contributed by atoms with Crippen molar-refractivity contribution in [1.29, 1.82) is 0 Å². The van der Waals surface area contributed by atoms with Crippen molar-refractivity contribution in [2.24, 2.45) is 5.92 Å². The Bertz CT molecular complexity index is 374. The molecule has 2 nitrogen and oxygen atoms in total. The molecule has 0 bridgehead atoms. The minimum absolute atomic E-state index is 0.751. The van der Waals surface area contributed by atoms with Crippen LogP contribution in [0, 0.1) is 12.8 Å². The summed E-state index contributed by atoms with van der Waals surface area (Å²) in [7, 11) is 0. The highest BCUT2D eigenvalue weighted by atomic mass is 15.1. The average Bonchev–Trinajstić information content (AvgIpc) is 2.42. The predicted molar refractivity (Wildman–Crippen MR) is 85.9 cm³/mol. The van der Waals surface area contributed by atoms with Gasteiger partial charge in [0.2, 0.25) is 0 Å². The Morgan fingerprint density at radius 3 is 2.47 bits per heavy atom. The smallest absolute Gasteiger partial charge is 0.0396 e. The van der Waals surface area contributed by atoms with Gasteiger partial charge in [0, 0.05) is 25.3 Å². The van der Waals surface area contributed by atoms with E-state index < -0.39 is 0 Å². The van der Waals surface area contributed by atoms with Crippen LogP contribution >= 0.6 is 0 Å². The zero-order valence-electron chi connectivity index (χ0n) is 13.3. The molecule has 1 N–H and O–H groups in total. The lowest BCUT2D eigenvalue weighted by molar-refractivity contribution is 0.547. The van der Waals surface area contributed by atoms with E-state index in [9.17, 15) is 0 Å². The van der Waals surface area contributed by atoms with Crippen molar-refractivity contribution >= 4 is 5.69 Å². The van der Waals surface area contributed by atoms with Crippen molar-refractivity contribution in [2.45, 2.75) is 47.6 Å². The molecule has 0 aliphatic heterocycles. The summed E-state index contributed by atoms with van der Waals surface area (Å²) >= 11 is 0. The van der Waals surface area contributed by atoms with Crippen LogP contribution < -0.4 is 10.2 Å². The van der Waals surface area contributed by atoms with E-state index in [1.165, 1.54) is 23.2 Å². The van der Waals surface area contributed by atoms with Crippen LogP contribution in [0.3, 0.4) is 0 Å². The lowest BCUT2D eigenvalue weighted by Gasteiger charge is -2.28. The number of nitrogens with zero attached hydrogens (tertiary/aromatic N) is 1. The molecule has 0 heterocycles. The van der Waals surface area contributed by atoms with Gasteiger partial charge in [-0.05, 0) is 43.5 Å². The fourth-order valence-corrected chi connectivity index (χ4v) is 2.35. The zero-order valence-corrected chi connectivity index (χ0v) is 13.3. The van der Waals surface area contributed by atoms with E-state index in [4.69, 9.17) is 0 Å². The van der Waals surface area contributed by atoms with Crippen LogP contribution in [0.15, 0.2) is 18.2 Å². The molecule has 0 spiro atoms. The first kappa shape index (κ1) is 16.0. The van der Waals surface area contributed by atoms with Crippen LogP contribution in [0.2, 0.25) is 0 Å². The minimum atomic E-state index is 0.751. The summed E-state index contributed by atoms with van der Waals surface area (Å²) in [5.74, 6) is 0.751. The van der Waals surface area contributed by atoms with Crippen molar-refractivity contribution < 1.29 is 0 Å². The molecule has 0 aliphatic carbocycles. The number of aryl methyl sites for hydroxylation is 1. The van der Waals surface area contributed by atoms with E-state index in [0.29, 0.717) is 0 Å². The molecule has 0 amide bonds. The molecule has 1 unspecified atom stereocenters. The second-order valence-corrected chi connectivity index (χ2v) is 5.45. The van der Waals surface area contributed by atoms with E-state index in [1.54, 1.807) is 0 Å². The minimum Gasteiger partial charge on any atom is -0.371 e. The van der Waals surface area contributed by atoms with Gasteiger partial charge in [-0.15, -0.1) is 0 Å². The van der Waals surface area contributed by atoms with E-state index in [0.717, 1.165) is 32.1 Å². The van der Waals surface area contributed by atoms with Gasteiger partial charge in [-0.3, -0.25) is 0 Å². The lowest BCUT2D eigenvalue weighted by Crippen LogP contribution is -2.28.